The van der Waals surface area contributed by atoms with Crippen LogP contribution in [-0.2, 0) is 13.1 Å². The summed E-state index contributed by atoms with van der Waals surface area (Å²) in [6, 6.07) is 18.4. The standard InChI is InChI=1S/C21H19IN2O3/c1-23-20(25)16-10-8-15(9-11-16)13-24(14-17-5-4-12-27-17)21(26)18-6-2-3-7-19(18)22/h2-12H,13-14H2,1H3,(H,23,25). The van der Waals surface area contributed by atoms with E-state index in [1.54, 1.807) is 30.3 Å². The quantitative estimate of drug-likeness (QED) is 0.548. The maximum Gasteiger partial charge on any atom is 0.255 e. The van der Waals surface area contributed by atoms with E-state index >= 15 is 0 Å². The van der Waals surface area contributed by atoms with Gasteiger partial charge in [0, 0.05) is 22.7 Å². The molecule has 0 radical (unpaired) electrons. The van der Waals surface area contributed by atoms with E-state index in [2.05, 4.69) is 27.9 Å². The van der Waals surface area contributed by atoms with Gasteiger partial charge in [-0.2, -0.15) is 0 Å². The molecule has 2 amide bonds. The molecule has 0 aliphatic heterocycles. The summed E-state index contributed by atoms with van der Waals surface area (Å²) in [6.45, 7) is 0.784. The van der Waals surface area contributed by atoms with Gasteiger partial charge in [0.05, 0.1) is 18.4 Å². The van der Waals surface area contributed by atoms with Crippen molar-refractivity contribution in [1.82, 2.24) is 10.2 Å². The van der Waals surface area contributed by atoms with E-state index in [9.17, 15) is 9.59 Å². The molecule has 5 nitrogen and oxygen atoms in total. The zero-order valence-electron chi connectivity index (χ0n) is 14.8. The van der Waals surface area contributed by atoms with Crippen molar-refractivity contribution in [2.24, 2.45) is 0 Å². The summed E-state index contributed by atoms with van der Waals surface area (Å²) < 4.78 is 6.34. The first-order valence-electron chi connectivity index (χ1n) is 8.45. The molecule has 138 valence electrons. The van der Waals surface area contributed by atoms with Crippen LogP contribution in [0.5, 0.6) is 0 Å². The van der Waals surface area contributed by atoms with Gasteiger partial charge in [-0.25, -0.2) is 0 Å². The number of benzene rings is 2. The Labute approximate surface area is 171 Å². The Morgan fingerprint density at radius 3 is 2.37 bits per heavy atom. The molecule has 0 bridgehead atoms. The van der Waals surface area contributed by atoms with Gasteiger partial charge in [0.15, 0.2) is 0 Å². The Balaban J connectivity index is 1.85. The highest BCUT2D eigenvalue weighted by molar-refractivity contribution is 14.1. The molecule has 27 heavy (non-hydrogen) atoms. The highest BCUT2D eigenvalue weighted by Gasteiger charge is 2.20. The molecule has 3 aromatic rings. The summed E-state index contributed by atoms with van der Waals surface area (Å²) in [7, 11) is 1.60. The molecule has 3 rings (SSSR count). The van der Waals surface area contributed by atoms with E-state index in [4.69, 9.17) is 4.42 Å². The Kier molecular flexibility index (Phi) is 6.28. The first kappa shape index (κ1) is 19.2. The van der Waals surface area contributed by atoms with Crippen LogP contribution in [0.15, 0.2) is 71.3 Å². The number of nitrogens with one attached hydrogen (secondary N) is 1. The number of furan rings is 1. The highest BCUT2D eigenvalue weighted by Crippen LogP contribution is 2.19. The van der Waals surface area contributed by atoms with Crippen molar-refractivity contribution in [3.63, 3.8) is 0 Å². The van der Waals surface area contributed by atoms with E-state index in [1.807, 2.05) is 48.5 Å². The van der Waals surface area contributed by atoms with Gasteiger partial charge in [-0.05, 0) is 64.6 Å². The van der Waals surface area contributed by atoms with Gasteiger partial charge in [-0.1, -0.05) is 24.3 Å². The number of nitrogens with zero attached hydrogens (tertiary/aromatic N) is 1. The third-order valence-corrected chi connectivity index (χ3v) is 5.08. The van der Waals surface area contributed by atoms with Crippen molar-refractivity contribution < 1.29 is 14.0 Å². The molecule has 2 aromatic carbocycles. The summed E-state index contributed by atoms with van der Waals surface area (Å²) in [5, 5.41) is 2.60. The van der Waals surface area contributed by atoms with Gasteiger partial charge in [-0.15, -0.1) is 0 Å². The predicted molar refractivity (Wildman–Crippen MR) is 111 cm³/mol. The zero-order chi connectivity index (χ0) is 19.2. The number of carbonyl (C=O) groups is 2. The van der Waals surface area contributed by atoms with Crippen molar-refractivity contribution in [2.45, 2.75) is 13.1 Å². The zero-order valence-corrected chi connectivity index (χ0v) is 17.0. The minimum absolute atomic E-state index is 0.0632. The fourth-order valence-electron chi connectivity index (χ4n) is 2.72. The lowest BCUT2D eigenvalue weighted by molar-refractivity contribution is 0.0716. The van der Waals surface area contributed by atoms with Crippen molar-refractivity contribution >= 4 is 34.4 Å². The lowest BCUT2D eigenvalue weighted by Gasteiger charge is -2.22. The number of hydrogen-bond donors (Lipinski definition) is 1. The maximum atomic E-state index is 13.1. The highest BCUT2D eigenvalue weighted by atomic mass is 127. The van der Waals surface area contributed by atoms with Gasteiger partial charge in [0.1, 0.15) is 5.76 Å². The van der Waals surface area contributed by atoms with Crippen LogP contribution in [0, 0.1) is 3.57 Å². The van der Waals surface area contributed by atoms with Gasteiger partial charge in [-0.3, -0.25) is 9.59 Å². The van der Waals surface area contributed by atoms with E-state index in [0.717, 1.165) is 14.9 Å². The van der Waals surface area contributed by atoms with Crippen molar-refractivity contribution in [3.8, 4) is 0 Å². The average Bonchev–Trinajstić information content (AvgIpc) is 3.20. The van der Waals surface area contributed by atoms with E-state index in [1.165, 1.54) is 0 Å². The molecular formula is C21H19IN2O3. The SMILES string of the molecule is CNC(=O)c1ccc(CN(Cc2ccco2)C(=O)c2ccccc2I)cc1. The molecule has 0 aliphatic carbocycles. The minimum atomic E-state index is -0.135. The molecule has 0 atom stereocenters. The third-order valence-electron chi connectivity index (χ3n) is 4.13. The van der Waals surface area contributed by atoms with Crippen LogP contribution < -0.4 is 5.32 Å². The normalized spacial score (nSPS) is 10.4. The summed E-state index contributed by atoms with van der Waals surface area (Å²) in [4.78, 5) is 26.6. The van der Waals surface area contributed by atoms with Gasteiger partial charge in [0.25, 0.3) is 11.8 Å². The second-order valence-electron chi connectivity index (χ2n) is 6.00. The van der Waals surface area contributed by atoms with Crippen LogP contribution in [0.3, 0.4) is 0 Å². The van der Waals surface area contributed by atoms with E-state index in [0.29, 0.717) is 24.2 Å². The van der Waals surface area contributed by atoms with Crippen LogP contribution in [0.1, 0.15) is 32.0 Å². The summed E-state index contributed by atoms with van der Waals surface area (Å²) in [5.41, 5.74) is 2.18. The average molecular weight is 474 g/mol. The van der Waals surface area contributed by atoms with Crippen LogP contribution in [-0.4, -0.2) is 23.8 Å². The number of halogens is 1. The van der Waals surface area contributed by atoms with Crippen molar-refractivity contribution in [1.29, 1.82) is 0 Å². The molecule has 6 heteroatoms. The molecule has 0 saturated carbocycles. The summed E-state index contributed by atoms with van der Waals surface area (Å²) in [6.07, 6.45) is 1.60. The molecular weight excluding hydrogens is 455 g/mol. The van der Waals surface area contributed by atoms with Crippen LogP contribution in [0.2, 0.25) is 0 Å². The first-order valence-corrected chi connectivity index (χ1v) is 9.53. The number of rotatable bonds is 6. The molecule has 1 N–H and O–H groups in total. The first-order chi connectivity index (χ1) is 13.1. The number of carbonyl (C=O) groups excluding carboxylic acids is 2. The maximum absolute atomic E-state index is 13.1. The molecule has 0 aliphatic rings. The van der Waals surface area contributed by atoms with Gasteiger partial charge in [0.2, 0.25) is 0 Å². The van der Waals surface area contributed by atoms with Gasteiger partial charge < -0.3 is 14.6 Å². The fraction of sp³-hybridized carbons (Fsp3) is 0.143. The Bertz CT molecular complexity index is 921. The molecule has 0 saturated heterocycles. The molecule has 0 unspecified atom stereocenters. The largest absolute Gasteiger partial charge is 0.467 e. The van der Waals surface area contributed by atoms with Crippen LogP contribution in [0.25, 0.3) is 0 Å². The summed E-state index contributed by atoms with van der Waals surface area (Å²) >= 11 is 2.17. The Morgan fingerprint density at radius 1 is 1.00 bits per heavy atom. The second kappa shape index (κ2) is 8.85. The van der Waals surface area contributed by atoms with Crippen LogP contribution >= 0.6 is 22.6 Å². The van der Waals surface area contributed by atoms with Gasteiger partial charge >= 0.3 is 0 Å². The molecule has 1 heterocycles. The minimum Gasteiger partial charge on any atom is -0.467 e. The molecule has 1 aromatic heterocycles. The smallest absolute Gasteiger partial charge is 0.255 e. The lowest BCUT2D eigenvalue weighted by Crippen LogP contribution is -2.30. The van der Waals surface area contributed by atoms with Crippen molar-refractivity contribution in [2.75, 3.05) is 7.05 Å². The topological polar surface area (TPSA) is 62.6 Å². The van der Waals surface area contributed by atoms with E-state index < -0.39 is 0 Å². The summed E-state index contributed by atoms with van der Waals surface area (Å²) in [5.74, 6) is 0.520. The number of amides is 2. The van der Waals surface area contributed by atoms with Crippen LogP contribution in [0.4, 0.5) is 0 Å². The lowest BCUT2D eigenvalue weighted by atomic mass is 10.1. The predicted octanol–water partition coefficient (Wildman–Crippen LogP) is 4.09. The molecule has 0 spiro atoms. The number of hydrogen-bond acceptors (Lipinski definition) is 3. The Hall–Kier alpha value is -2.61. The van der Waals surface area contributed by atoms with Crippen molar-refractivity contribution in [3.05, 3.63) is 92.9 Å². The Morgan fingerprint density at radius 2 is 1.74 bits per heavy atom. The van der Waals surface area contributed by atoms with E-state index in [-0.39, 0.29) is 11.8 Å². The third kappa shape index (κ3) is 4.77. The second-order valence-corrected chi connectivity index (χ2v) is 7.16. The molecule has 0 fully saturated rings. The fourth-order valence-corrected chi connectivity index (χ4v) is 3.34. The monoisotopic (exact) mass is 474 g/mol.